The van der Waals surface area contributed by atoms with Crippen LogP contribution in [-0.2, 0) is 28.6 Å². The van der Waals surface area contributed by atoms with Crippen molar-refractivity contribution in [1.29, 1.82) is 0 Å². The Morgan fingerprint density at radius 1 is 0.250 bits per heavy atom. The van der Waals surface area contributed by atoms with Gasteiger partial charge in [-0.3, -0.25) is 14.4 Å². The summed E-state index contributed by atoms with van der Waals surface area (Å²) >= 11 is 0. The standard InChI is InChI=1S/C74H140O6/c1-4-7-10-13-16-19-22-24-26-28-30-32-33-34-35-36-37-38-39-40-42-43-45-47-49-52-55-58-61-64-67-73(76)79-70-71(69-78-72(75)66-63-60-57-54-51-21-18-15-12-9-6-3)80-74(77)68-65-62-59-56-53-50-48-46-44-41-31-29-27-25-23-20-17-14-11-8-5-2/h23,25,29,31,71H,4-22,24,26-28,30,32-70H2,1-3H3/b25-23-,31-29-. The lowest BCUT2D eigenvalue weighted by molar-refractivity contribution is -0.167. The molecule has 0 saturated carbocycles. The molecule has 80 heavy (non-hydrogen) atoms. The van der Waals surface area contributed by atoms with Crippen molar-refractivity contribution in [3.05, 3.63) is 24.3 Å². The van der Waals surface area contributed by atoms with Gasteiger partial charge < -0.3 is 14.2 Å². The molecule has 0 radical (unpaired) electrons. The number of allylic oxidation sites excluding steroid dienone is 4. The van der Waals surface area contributed by atoms with Crippen LogP contribution in [0.4, 0.5) is 0 Å². The van der Waals surface area contributed by atoms with E-state index in [0.29, 0.717) is 19.3 Å². The second kappa shape index (κ2) is 69.4. The molecule has 0 heterocycles. The fourth-order valence-corrected chi connectivity index (χ4v) is 11.2. The predicted molar refractivity (Wildman–Crippen MR) is 349 cm³/mol. The van der Waals surface area contributed by atoms with Gasteiger partial charge in [-0.1, -0.05) is 366 Å². The third kappa shape index (κ3) is 66.7. The first-order valence-electron chi connectivity index (χ1n) is 36.3. The van der Waals surface area contributed by atoms with Crippen molar-refractivity contribution in [1.82, 2.24) is 0 Å². The number of unbranched alkanes of at least 4 members (excludes halogenated alkanes) is 53. The average Bonchev–Trinajstić information content (AvgIpc) is 3.46. The number of esters is 3. The summed E-state index contributed by atoms with van der Waals surface area (Å²) < 4.78 is 17.0. The van der Waals surface area contributed by atoms with Crippen molar-refractivity contribution in [2.45, 2.75) is 419 Å². The van der Waals surface area contributed by atoms with Crippen molar-refractivity contribution < 1.29 is 28.6 Å². The van der Waals surface area contributed by atoms with Gasteiger partial charge in [-0.25, -0.2) is 0 Å². The average molecular weight is 1130 g/mol. The van der Waals surface area contributed by atoms with E-state index in [9.17, 15) is 14.4 Å². The molecule has 472 valence electrons. The van der Waals surface area contributed by atoms with Gasteiger partial charge in [0.05, 0.1) is 0 Å². The minimum absolute atomic E-state index is 0.0666. The maximum Gasteiger partial charge on any atom is 0.306 e. The Morgan fingerprint density at radius 2 is 0.450 bits per heavy atom. The van der Waals surface area contributed by atoms with Crippen LogP contribution in [0.1, 0.15) is 412 Å². The number of hydrogen-bond acceptors (Lipinski definition) is 6. The summed E-state index contributed by atoms with van der Waals surface area (Å²) in [5.74, 6) is -0.841. The molecule has 0 rings (SSSR count). The van der Waals surface area contributed by atoms with Gasteiger partial charge in [-0.15, -0.1) is 0 Å². The Labute approximate surface area is 500 Å². The number of carbonyl (C=O) groups is 3. The summed E-state index contributed by atoms with van der Waals surface area (Å²) in [6.45, 7) is 6.70. The molecule has 0 fully saturated rings. The van der Waals surface area contributed by atoms with Gasteiger partial charge in [0, 0.05) is 19.3 Å². The SMILES string of the molecule is CCCCCCC/C=C\C/C=C\CCCCCCCCCCCC(=O)OC(COC(=O)CCCCCCCCCCCCC)COC(=O)CCCCCCCCCCCCCCCCCCCCCCCCCCCCCCCC. The van der Waals surface area contributed by atoms with E-state index in [1.165, 1.54) is 308 Å². The lowest BCUT2D eigenvalue weighted by atomic mass is 10.0. The van der Waals surface area contributed by atoms with Crippen LogP contribution in [0.5, 0.6) is 0 Å². The van der Waals surface area contributed by atoms with E-state index in [1.54, 1.807) is 0 Å². The zero-order valence-corrected chi connectivity index (χ0v) is 54.4. The van der Waals surface area contributed by atoms with Crippen molar-refractivity contribution in [3.8, 4) is 0 Å². The molecule has 1 atom stereocenters. The van der Waals surface area contributed by atoms with Crippen LogP contribution in [0, 0.1) is 0 Å². The largest absolute Gasteiger partial charge is 0.462 e. The molecule has 0 aliphatic rings. The van der Waals surface area contributed by atoms with E-state index in [-0.39, 0.29) is 31.1 Å². The Hall–Kier alpha value is -2.11. The molecule has 6 nitrogen and oxygen atoms in total. The zero-order chi connectivity index (χ0) is 57.8. The molecule has 0 aromatic heterocycles. The molecule has 1 unspecified atom stereocenters. The van der Waals surface area contributed by atoms with E-state index in [1.807, 2.05) is 0 Å². The minimum Gasteiger partial charge on any atom is -0.462 e. The van der Waals surface area contributed by atoms with Gasteiger partial charge >= 0.3 is 17.9 Å². The third-order valence-corrected chi connectivity index (χ3v) is 16.7. The molecule has 6 heteroatoms. The van der Waals surface area contributed by atoms with Crippen molar-refractivity contribution in [3.63, 3.8) is 0 Å². The van der Waals surface area contributed by atoms with Crippen LogP contribution in [0.2, 0.25) is 0 Å². The number of ether oxygens (including phenoxy) is 3. The Balaban J connectivity index is 4.12. The smallest absolute Gasteiger partial charge is 0.306 e. The zero-order valence-electron chi connectivity index (χ0n) is 54.4. The molecule has 0 spiro atoms. The summed E-state index contributed by atoms with van der Waals surface area (Å²) in [6.07, 6.45) is 85.1. The van der Waals surface area contributed by atoms with Gasteiger partial charge in [-0.05, 0) is 51.4 Å². The van der Waals surface area contributed by atoms with E-state index in [2.05, 4.69) is 45.1 Å². The van der Waals surface area contributed by atoms with Crippen LogP contribution in [-0.4, -0.2) is 37.2 Å². The highest BCUT2D eigenvalue weighted by atomic mass is 16.6. The summed E-state index contributed by atoms with van der Waals surface area (Å²) in [5, 5.41) is 0. The van der Waals surface area contributed by atoms with E-state index in [4.69, 9.17) is 14.2 Å². The predicted octanol–water partition coefficient (Wildman–Crippen LogP) is 25.0. The summed E-state index contributed by atoms with van der Waals surface area (Å²) in [7, 11) is 0. The van der Waals surface area contributed by atoms with Crippen LogP contribution in [0.3, 0.4) is 0 Å². The summed E-state index contributed by atoms with van der Waals surface area (Å²) in [5.41, 5.74) is 0. The normalized spacial score (nSPS) is 12.1. The molecular formula is C74H140O6. The molecular weight excluding hydrogens is 985 g/mol. The number of hydrogen-bond donors (Lipinski definition) is 0. The number of carbonyl (C=O) groups excluding carboxylic acids is 3. The highest BCUT2D eigenvalue weighted by Gasteiger charge is 2.19. The molecule has 0 N–H and O–H groups in total. The highest BCUT2D eigenvalue weighted by Crippen LogP contribution is 2.19. The van der Waals surface area contributed by atoms with Crippen LogP contribution in [0.25, 0.3) is 0 Å². The fraction of sp³-hybridized carbons (Fsp3) is 0.905. The van der Waals surface area contributed by atoms with Crippen LogP contribution >= 0.6 is 0 Å². The van der Waals surface area contributed by atoms with Crippen LogP contribution in [0.15, 0.2) is 24.3 Å². The maximum absolute atomic E-state index is 12.9. The molecule has 0 saturated heterocycles. The first-order valence-corrected chi connectivity index (χ1v) is 36.3. The first-order chi connectivity index (χ1) is 39.5. The molecule has 0 amide bonds. The van der Waals surface area contributed by atoms with Gasteiger partial charge in [0.2, 0.25) is 0 Å². The molecule has 0 bridgehead atoms. The molecule has 0 aliphatic carbocycles. The third-order valence-electron chi connectivity index (χ3n) is 16.7. The monoisotopic (exact) mass is 1130 g/mol. The second-order valence-corrected chi connectivity index (χ2v) is 24.9. The lowest BCUT2D eigenvalue weighted by Gasteiger charge is -2.18. The van der Waals surface area contributed by atoms with Gasteiger partial charge in [0.25, 0.3) is 0 Å². The Morgan fingerprint density at radius 3 is 0.688 bits per heavy atom. The van der Waals surface area contributed by atoms with Crippen LogP contribution < -0.4 is 0 Å². The van der Waals surface area contributed by atoms with Crippen molar-refractivity contribution >= 4 is 17.9 Å². The summed E-state index contributed by atoms with van der Waals surface area (Å²) in [6, 6.07) is 0. The maximum atomic E-state index is 12.9. The molecule has 0 aromatic rings. The van der Waals surface area contributed by atoms with Gasteiger partial charge in [-0.2, -0.15) is 0 Å². The minimum atomic E-state index is -0.770. The van der Waals surface area contributed by atoms with Gasteiger partial charge in [0.1, 0.15) is 13.2 Å². The quantitative estimate of drug-likeness (QED) is 0.0261. The Kier molecular flexibility index (Phi) is 67.6. The van der Waals surface area contributed by atoms with E-state index >= 15 is 0 Å². The number of rotatable bonds is 68. The van der Waals surface area contributed by atoms with Crippen molar-refractivity contribution in [2.75, 3.05) is 13.2 Å². The van der Waals surface area contributed by atoms with Crippen molar-refractivity contribution in [2.24, 2.45) is 0 Å². The van der Waals surface area contributed by atoms with E-state index in [0.717, 1.165) is 64.2 Å². The first kappa shape index (κ1) is 77.9. The highest BCUT2D eigenvalue weighted by molar-refractivity contribution is 5.71. The molecule has 0 aliphatic heterocycles. The summed E-state index contributed by atoms with van der Waals surface area (Å²) in [4.78, 5) is 38.4. The van der Waals surface area contributed by atoms with Gasteiger partial charge in [0.15, 0.2) is 6.10 Å². The topological polar surface area (TPSA) is 78.9 Å². The second-order valence-electron chi connectivity index (χ2n) is 24.9. The molecule has 0 aromatic carbocycles. The fourth-order valence-electron chi connectivity index (χ4n) is 11.2. The lowest BCUT2D eigenvalue weighted by Crippen LogP contribution is -2.30. The Bertz CT molecular complexity index is 1290. The van der Waals surface area contributed by atoms with E-state index < -0.39 is 6.10 Å².